The van der Waals surface area contributed by atoms with E-state index in [-0.39, 0.29) is 13.2 Å². The van der Waals surface area contributed by atoms with Gasteiger partial charge >= 0.3 is 21.7 Å². The van der Waals surface area contributed by atoms with Crippen LogP contribution in [0.15, 0.2) is 24.3 Å². The zero-order chi connectivity index (χ0) is 17.7. The van der Waals surface area contributed by atoms with Crippen molar-refractivity contribution in [3.05, 3.63) is 35.4 Å². The van der Waals surface area contributed by atoms with E-state index in [0.29, 0.717) is 16.0 Å². The Bertz CT molecular complexity index is 765. The van der Waals surface area contributed by atoms with Gasteiger partial charge in [-0.25, -0.2) is 8.98 Å². The molecule has 0 bridgehead atoms. The molecule has 3 rings (SSSR count). The number of nitrogens with zero attached hydrogens (tertiary/aromatic N) is 1. The fourth-order valence-electron chi connectivity index (χ4n) is 2.97. The van der Waals surface area contributed by atoms with Crippen molar-refractivity contribution in [2.45, 2.75) is 30.4 Å². The molecule has 1 N–H and O–H groups in total. The maximum Gasteiger partial charge on any atom is 0.523 e. The van der Waals surface area contributed by atoms with Crippen LogP contribution < -0.4 is 0 Å². The number of fused-ring (bicyclic) bond motifs is 3. The van der Waals surface area contributed by atoms with Gasteiger partial charge in [0.25, 0.3) is 0 Å². The van der Waals surface area contributed by atoms with Gasteiger partial charge < -0.3 is 9.84 Å². The zero-order valence-electron chi connectivity index (χ0n) is 11.9. The van der Waals surface area contributed by atoms with E-state index in [2.05, 4.69) is 4.18 Å². The number of hydrogen-bond acceptors (Lipinski definition) is 5. The minimum Gasteiger partial charge on any atom is -0.465 e. The number of alkyl halides is 3. The van der Waals surface area contributed by atoms with Gasteiger partial charge in [-0.2, -0.15) is 21.6 Å². The van der Waals surface area contributed by atoms with Crippen molar-refractivity contribution in [2.24, 2.45) is 0 Å². The topological polar surface area (TPSA) is 93.1 Å². The highest BCUT2D eigenvalue weighted by Crippen LogP contribution is 2.43. The minimum atomic E-state index is -5.96. The summed E-state index contributed by atoms with van der Waals surface area (Å²) >= 11 is 0. The molecule has 0 radical (unpaired) electrons. The Hall–Kier alpha value is -1.85. The Morgan fingerprint density at radius 3 is 2.62 bits per heavy atom. The molecule has 0 aromatic heterocycles. The van der Waals surface area contributed by atoms with Gasteiger partial charge in [0.15, 0.2) is 6.23 Å². The first-order valence-corrected chi connectivity index (χ1v) is 8.21. The van der Waals surface area contributed by atoms with Gasteiger partial charge in [0, 0.05) is 0 Å². The summed E-state index contributed by atoms with van der Waals surface area (Å²) in [6, 6.07) is 6.58. The van der Waals surface area contributed by atoms with Gasteiger partial charge in [-0.15, -0.1) is 0 Å². The highest BCUT2D eigenvalue weighted by atomic mass is 32.2. The van der Waals surface area contributed by atoms with Gasteiger partial charge in [-0.3, -0.25) is 4.90 Å². The molecule has 1 amide bonds. The standard InChI is InChI=1S/C13H12F3NO6S/c14-13(15,16)24(20,21)23-11-10-8-4-2-1-3-7(8)6-22-9(10)5-17(11)12(18)19/h1-4,9-11H,5-6H2,(H,18,19). The molecule has 1 aromatic rings. The molecule has 1 aromatic carbocycles. The van der Waals surface area contributed by atoms with Crippen LogP contribution in [0.4, 0.5) is 18.0 Å². The van der Waals surface area contributed by atoms with Crippen molar-refractivity contribution in [1.82, 2.24) is 4.90 Å². The maximum absolute atomic E-state index is 12.6. The largest absolute Gasteiger partial charge is 0.523 e. The Morgan fingerprint density at radius 1 is 1.33 bits per heavy atom. The van der Waals surface area contributed by atoms with E-state index in [1.54, 1.807) is 24.3 Å². The third kappa shape index (κ3) is 2.72. The Kier molecular flexibility index (Phi) is 3.97. The number of ether oxygens (including phenoxy) is 1. The third-order valence-electron chi connectivity index (χ3n) is 4.01. The Morgan fingerprint density at radius 2 is 2.00 bits per heavy atom. The van der Waals surface area contributed by atoms with Crippen molar-refractivity contribution in [3.63, 3.8) is 0 Å². The quantitative estimate of drug-likeness (QED) is 0.634. The van der Waals surface area contributed by atoms with Crippen molar-refractivity contribution >= 4 is 16.2 Å². The van der Waals surface area contributed by atoms with Gasteiger partial charge in [0.2, 0.25) is 0 Å². The summed E-state index contributed by atoms with van der Waals surface area (Å²) in [4.78, 5) is 11.8. The molecule has 0 spiro atoms. The van der Waals surface area contributed by atoms with Gasteiger partial charge in [0.05, 0.1) is 25.2 Å². The molecule has 0 saturated carbocycles. The number of carbonyl (C=O) groups is 1. The normalized spacial score (nSPS) is 26.8. The number of rotatable bonds is 2. The fraction of sp³-hybridized carbons (Fsp3) is 0.462. The van der Waals surface area contributed by atoms with Crippen LogP contribution in [-0.2, 0) is 25.6 Å². The molecule has 1 saturated heterocycles. The van der Waals surface area contributed by atoms with E-state index in [4.69, 9.17) is 4.74 Å². The Labute approximate surface area is 134 Å². The molecule has 3 atom stereocenters. The lowest BCUT2D eigenvalue weighted by atomic mass is 9.89. The molecule has 11 heteroatoms. The first-order valence-electron chi connectivity index (χ1n) is 6.80. The van der Waals surface area contributed by atoms with E-state index in [1.807, 2.05) is 0 Å². The van der Waals surface area contributed by atoms with E-state index in [1.165, 1.54) is 0 Å². The second-order valence-electron chi connectivity index (χ2n) is 5.40. The molecule has 132 valence electrons. The molecule has 24 heavy (non-hydrogen) atoms. The first-order chi connectivity index (χ1) is 11.1. The number of amides is 1. The highest BCUT2D eigenvalue weighted by molar-refractivity contribution is 7.87. The number of carboxylic acid groups (broad SMARTS) is 1. The van der Waals surface area contributed by atoms with Crippen molar-refractivity contribution in [2.75, 3.05) is 6.54 Å². The summed E-state index contributed by atoms with van der Waals surface area (Å²) in [6.45, 7) is -0.129. The van der Waals surface area contributed by atoms with Crippen LogP contribution in [-0.4, -0.2) is 48.9 Å². The number of halogens is 3. The van der Waals surface area contributed by atoms with Gasteiger partial charge in [-0.05, 0) is 11.1 Å². The molecule has 2 aliphatic rings. The average Bonchev–Trinajstić information content (AvgIpc) is 2.85. The SMILES string of the molecule is O=C(O)N1CC2OCc3ccccc3C2C1OS(=O)(=O)C(F)(F)F. The lowest BCUT2D eigenvalue weighted by Crippen LogP contribution is -2.42. The average molecular weight is 367 g/mol. The van der Waals surface area contributed by atoms with Crippen molar-refractivity contribution < 1.29 is 40.4 Å². The minimum absolute atomic E-state index is 0.156. The zero-order valence-corrected chi connectivity index (χ0v) is 12.7. The fourth-order valence-corrected chi connectivity index (χ4v) is 3.56. The summed E-state index contributed by atoms with van der Waals surface area (Å²) in [7, 11) is -5.96. The van der Waals surface area contributed by atoms with Gasteiger partial charge in [-0.1, -0.05) is 24.3 Å². The predicted molar refractivity (Wildman–Crippen MR) is 72.3 cm³/mol. The molecule has 2 heterocycles. The summed E-state index contributed by atoms with van der Waals surface area (Å²) in [5.41, 5.74) is -4.49. The van der Waals surface area contributed by atoms with Crippen molar-refractivity contribution in [1.29, 1.82) is 0 Å². The molecule has 0 aliphatic carbocycles. The molecule has 7 nitrogen and oxygen atoms in total. The number of hydrogen-bond donors (Lipinski definition) is 1. The molecule has 2 aliphatic heterocycles. The molecule has 1 fully saturated rings. The van der Waals surface area contributed by atoms with E-state index in [0.717, 1.165) is 0 Å². The Balaban J connectivity index is 2.03. The lowest BCUT2D eigenvalue weighted by molar-refractivity contribution is -0.0650. The molecule has 3 unspecified atom stereocenters. The van der Waals surface area contributed by atoms with E-state index < -0.39 is 40.0 Å². The summed E-state index contributed by atoms with van der Waals surface area (Å²) < 4.78 is 70.3. The van der Waals surface area contributed by atoms with E-state index >= 15 is 0 Å². The smallest absolute Gasteiger partial charge is 0.465 e. The van der Waals surface area contributed by atoms with Crippen LogP contribution in [0.1, 0.15) is 17.0 Å². The van der Waals surface area contributed by atoms with Crippen LogP contribution in [0, 0.1) is 0 Å². The molecular weight excluding hydrogens is 355 g/mol. The maximum atomic E-state index is 12.6. The summed E-state index contributed by atoms with van der Waals surface area (Å²) in [5, 5.41) is 9.19. The van der Waals surface area contributed by atoms with Crippen LogP contribution in [0.5, 0.6) is 0 Å². The van der Waals surface area contributed by atoms with Crippen LogP contribution >= 0.6 is 0 Å². The third-order valence-corrected chi connectivity index (χ3v) is 5.03. The summed E-state index contributed by atoms with van der Waals surface area (Å²) in [6.07, 6.45) is -4.22. The van der Waals surface area contributed by atoms with Crippen molar-refractivity contribution in [3.8, 4) is 0 Å². The number of likely N-dealkylation sites (tertiary alicyclic amines) is 1. The van der Waals surface area contributed by atoms with Crippen LogP contribution in [0.2, 0.25) is 0 Å². The highest BCUT2D eigenvalue weighted by Gasteiger charge is 2.55. The second-order valence-corrected chi connectivity index (χ2v) is 6.96. The van der Waals surface area contributed by atoms with Crippen LogP contribution in [0.25, 0.3) is 0 Å². The lowest BCUT2D eigenvalue weighted by Gasteiger charge is -2.31. The second kappa shape index (κ2) is 5.60. The summed E-state index contributed by atoms with van der Waals surface area (Å²) in [5.74, 6) is -0.969. The first kappa shape index (κ1) is 17.0. The van der Waals surface area contributed by atoms with E-state index in [9.17, 15) is 31.5 Å². The molecular formula is C13H12F3NO6S. The number of benzene rings is 1. The van der Waals surface area contributed by atoms with Gasteiger partial charge in [0.1, 0.15) is 0 Å². The monoisotopic (exact) mass is 367 g/mol. The van der Waals surface area contributed by atoms with Crippen LogP contribution in [0.3, 0.4) is 0 Å². The predicted octanol–water partition coefficient (Wildman–Crippen LogP) is 1.85.